The van der Waals surface area contributed by atoms with Gasteiger partial charge < -0.3 is 4.74 Å². The first-order chi connectivity index (χ1) is 10.3. The Kier molecular flexibility index (Phi) is 5.11. The fraction of sp³-hybridized carbons (Fsp3) is 0.933. The fourth-order valence-corrected chi connectivity index (χ4v) is 3.99. The predicted molar refractivity (Wildman–Crippen MR) is 80.5 cm³/mol. The lowest BCUT2D eigenvalue weighted by Gasteiger charge is -2.38. The van der Waals surface area contributed by atoms with Gasteiger partial charge in [-0.2, -0.15) is 0 Å². The van der Waals surface area contributed by atoms with Gasteiger partial charge in [0.25, 0.3) is 5.91 Å². The van der Waals surface area contributed by atoms with Gasteiger partial charge in [0.05, 0.1) is 6.10 Å². The molecule has 0 radical (unpaired) electrons. The number of nitrogens with one attached hydrogen (secondary N) is 1. The monoisotopic (exact) mass is 296 g/mol. The van der Waals surface area contributed by atoms with Crippen molar-refractivity contribution in [2.24, 2.45) is 5.84 Å². The van der Waals surface area contributed by atoms with E-state index in [1.807, 2.05) is 0 Å². The zero-order valence-electron chi connectivity index (χ0n) is 12.8. The maximum Gasteiger partial charge on any atom is 0.263 e. The minimum Gasteiger partial charge on any atom is -0.364 e. The molecule has 0 aromatic rings. The van der Waals surface area contributed by atoms with Gasteiger partial charge in [-0.15, -0.1) is 0 Å². The summed E-state index contributed by atoms with van der Waals surface area (Å²) in [5.41, 5.74) is 2.18. The number of hydrazine groups is 1. The lowest BCUT2D eigenvalue weighted by atomic mass is 10.1. The van der Waals surface area contributed by atoms with E-state index in [1.54, 1.807) is 0 Å². The van der Waals surface area contributed by atoms with Crippen molar-refractivity contribution in [3.63, 3.8) is 0 Å². The molecule has 1 saturated carbocycles. The molecular formula is C15H28N4O2. The summed E-state index contributed by atoms with van der Waals surface area (Å²) in [6.45, 7) is 5.58. The summed E-state index contributed by atoms with van der Waals surface area (Å²) in [5.74, 6) is 4.97. The number of amides is 1. The molecule has 1 amide bonds. The lowest BCUT2D eigenvalue weighted by Crippen LogP contribution is -2.51. The van der Waals surface area contributed by atoms with Gasteiger partial charge in [-0.05, 0) is 25.7 Å². The number of nitrogens with zero attached hydrogens (tertiary/aromatic N) is 2. The molecule has 3 N–H and O–H groups in total. The molecule has 0 aromatic carbocycles. The fourth-order valence-electron chi connectivity index (χ4n) is 3.99. The van der Waals surface area contributed by atoms with Crippen LogP contribution in [0, 0.1) is 0 Å². The van der Waals surface area contributed by atoms with Crippen LogP contribution in [0.15, 0.2) is 0 Å². The van der Waals surface area contributed by atoms with Gasteiger partial charge in [0.15, 0.2) is 0 Å². The van der Waals surface area contributed by atoms with Gasteiger partial charge >= 0.3 is 0 Å². The Bertz CT molecular complexity index is 352. The molecule has 6 nitrogen and oxygen atoms in total. The molecule has 2 heterocycles. The van der Waals surface area contributed by atoms with Crippen molar-refractivity contribution in [3.05, 3.63) is 0 Å². The van der Waals surface area contributed by atoms with Crippen molar-refractivity contribution < 1.29 is 9.53 Å². The average molecular weight is 296 g/mol. The SMILES string of the molecule is NNC(=O)C1CCC(CN2CCN(C3CCCC3)CC2)O1. The third kappa shape index (κ3) is 3.74. The molecule has 21 heavy (non-hydrogen) atoms. The number of carbonyl (C=O) groups excluding carboxylic acids is 1. The molecule has 3 aliphatic rings. The van der Waals surface area contributed by atoms with Gasteiger partial charge in [0, 0.05) is 38.8 Å². The summed E-state index contributed by atoms with van der Waals surface area (Å²) in [6.07, 6.45) is 7.18. The summed E-state index contributed by atoms with van der Waals surface area (Å²) >= 11 is 0. The summed E-state index contributed by atoms with van der Waals surface area (Å²) in [5, 5.41) is 0. The molecule has 3 fully saturated rings. The Morgan fingerprint density at radius 2 is 1.81 bits per heavy atom. The largest absolute Gasteiger partial charge is 0.364 e. The minimum absolute atomic E-state index is 0.185. The van der Waals surface area contributed by atoms with Crippen LogP contribution < -0.4 is 11.3 Å². The third-order valence-electron chi connectivity index (χ3n) is 5.25. The maximum atomic E-state index is 11.5. The zero-order chi connectivity index (χ0) is 14.7. The number of piperazine rings is 1. The average Bonchev–Trinajstić information content (AvgIpc) is 3.18. The van der Waals surface area contributed by atoms with Crippen molar-refractivity contribution in [2.75, 3.05) is 32.7 Å². The van der Waals surface area contributed by atoms with Crippen LogP contribution in [0.3, 0.4) is 0 Å². The van der Waals surface area contributed by atoms with Gasteiger partial charge in [-0.3, -0.25) is 20.0 Å². The summed E-state index contributed by atoms with van der Waals surface area (Å²) in [7, 11) is 0. The molecule has 120 valence electrons. The highest BCUT2D eigenvalue weighted by molar-refractivity contribution is 5.80. The van der Waals surface area contributed by atoms with Crippen LogP contribution in [0.25, 0.3) is 0 Å². The van der Waals surface area contributed by atoms with E-state index in [-0.39, 0.29) is 18.1 Å². The van der Waals surface area contributed by atoms with Crippen LogP contribution in [-0.2, 0) is 9.53 Å². The zero-order valence-corrected chi connectivity index (χ0v) is 12.8. The quantitative estimate of drug-likeness (QED) is 0.437. The van der Waals surface area contributed by atoms with E-state index in [0.717, 1.165) is 38.5 Å². The summed E-state index contributed by atoms with van der Waals surface area (Å²) in [6, 6.07) is 0.840. The molecule has 6 heteroatoms. The van der Waals surface area contributed by atoms with Crippen LogP contribution in [-0.4, -0.2) is 66.7 Å². The van der Waals surface area contributed by atoms with Gasteiger partial charge in [-0.25, -0.2) is 5.84 Å². The summed E-state index contributed by atoms with van der Waals surface area (Å²) < 4.78 is 5.80. The second-order valence-corrected chi connectivity index (χ2v) is 6.61. The molecule has 2 saturated heterocycles. The highest BCUT2D eigenvalue weighted by Gasteiger charge is 2.32. The van der Waals surface area contributed by atoms with Gasteiger partial charge in [0.2, 0.25) is 0 Å². The highest BCUT2D eigenvalue weighted by atomic mass is 16.5. The number of ether oxygens (including phenoxy) is 1. The Morgan fingerprint density at radius 3 is 2.48 bits per heavy atom. The Morgan fingerprint density at radius 1 is 1.10 bits per heavy atom. The minimum atomic E-state index is -0.347. The molecule has 2 atom stereocenters. The predicted octanol–water partition coefficient (Wildman–Crippen LogP) is 0.0841. The van der Waals surface area contributed by atoms with Gasteiger partial charge in [-0.1, -0.05) is 12.8 Å². The standard InChI is InChI=1S/C15H28N4O2/c16-17-15(20)14-6-5-13(21-14)11-18-7-9-19(10-8-18)12-3-1-2-4-12/h12-14H,1-11,16H2,(H,17,20). The van der Waals surface area contributed by atoms with E-state index < -0.39 is 0 Å². The van der Waals surface area contributed by atoms with Crippen molar-refractivity contribution in [1.82, 2.24) is 15.2 Å². The first kappa shape index (κ1) is 15.2. The van der Waals surface area contributed by atoms with Crippen LogP contribution >= 0.6 is 0 Å². The molecule has 3 rings (SSSR count). The Labute approximate surface area is 126 Å². The number of rotatable bonds is 4. The van der Waals surface area contributed by atoms with Crippen molar-refractivity contribution in [1.29, 1.82) is 0 Å². The van der Waals surface area contributed by atoms with Crippen molar-refractivity contribution in [3.8, 4) is 0 Å². The second kappa shape index (κ2) is 7.05. The smallest absolute Gasteiger partial charge is 0.263 e. The lowest BCUT2D eigenvalue weighted by molar-refractivity contribution is -0.132. The molecular weight excluding hydrogens is 268 g/mol. The molecule has 2 aliphatic heterocycles. The maximum absolute atomic E-state index is 11.5. The normalized spacial score (nSPS) is 32.6. The molecule has 0 bridgehead atoms. The van der Waals surface area contributed by atoms with E-state index in [0.29, 0.717) is 0 Å². The molecule has 2 unspecified atom stereocenters. The highest BCUT2D eigenvalue weighted by Crippen LogP contribution is 2.25. The molecule has 1 aliphatic carbocycles. The number of carbonyl (C=O) groups is 1. The molecule has 0 aromatic heterocycles. The number of hydrogen-bond acceptors (Lipinski definition) is 5. The molecule has 0 spiro atoms. The van der Waals surface area contributed by atoms with Crippen molar-refractivity contribution >= 4 is 5.91 Å². The van der Waals surface area contributed by atoms with E-state index >= 15 is 0 Å². The van der Waals surface area contributed by atoms with E-state index in [4.69, 9.17) is 10.6 Å². The Balaban J connectivity index is 1.38. The van der Waals surface area contributed by atoms with Crippen LogP contribution in [0.5, 0.6) is 0 Å². The van der Waals surface area contributed by atoms with E-state index in [1.165, 1.54) is 38.8 Å². The first-order valence-corrected chi connectivity index (χ1v) is 8.38. The van der Waals surface area contributed by atoms with E-state index in [9.17, 15) is 4.79 Å². The summed E-state index contributed by atoms with van der Waals surface area (Å²) in [4.78, 5) is 16.6. The Hall–Kier alpha value is -0.690. The van der Waals surface area contributed by atoms with Crippen molar-refractivity contribution in [2.45, 2.75) is 56.8 Å². The van der Waals surface area contributed by atoms with Crippen LogP contribution in [0.4, 0.5) is 0 Å². The third-order valence-corrected chi connectivity index (χ3v) is 5.25. The topological polar surface area (TPSA) is 70.8 Å². The first-order valence-electron chi connectivity index (χ1n) is 8.38. The van der Waals surface area contributed by atoms with Gasteiger partial charge in [0.1, 0.15) is 6.10 Å². The number of nitrogens with two attached hydrogens (primary N) is 1. The van der Waals surface area contributed by atoms with Crippen LogP contribution in [0.2, 0.25) is 0 Å². The second-order valence-electron chi connectivity index (χ2n) is 6.61. The van der Waals surface area contributed by atoms with Crippen LogP contribution in [0.1, 0.15) is 38.5 Å². The van der Waals surface area contributed by atoms with E-state index in [2.05, 4.69) is 15.2 Å². The number of hydrogen-bond donors (Lipinski definition) is 2.